The van der Waals surface area contributed by atoms with E-state index in [0.717, 1.165) is 22.6 Å². The number of fused-ring (bicyclic) bond motifs is 1. The van der Waals surface area contributed by atoms with Crippen LogP contribution in [0.3, 0.4) is 0 Å². The van der Waals surface area contributed by atoms with Gasteiger partial charge in [0.1, 0.15) is 10.6 Å². The zero-order chi connectivity index (χ0) is 19.7. The lowest BCUT2D eigenvalue weighted by atomic mass is 10.1. The summed E-state index contributed by atoms with van der Waals surface area (Å²) >= 11 is 6.10. The van der Waals surface area contributed by atoms with Gasteiger partial charge in [-0.25, -0.2) is 18.4 Å². The normalized spacial score (nSPS) is 14.5. The molecule has 0 aliphatic carbocycles. The number of rotatable bonds is 4. The van der Waals surface area contributed by atoms with Gasteiger partial charge in [-0.15, -0.1) is 0 Å². The molecule has 144 valence electrons. The van der Waals surface area contributed by atoms with Crippen LogP contribution < -0.4 is 4.74 Å². The molecule has 0 N–H and O–H groups in total. The summed E-state index contributed by atoms with van der Waals surface area (Å²) in [5.41, 5.74) is 2.56. The molecule has 0 amide bonds. The van der Waals surface area contributed by atoms with Gasteiger partial charge in [0.2, 0.25) is 10.0 Å². The van der Waals surface area contributed by atoms with E-state index < -0.39 is 10.0 Å². The Kier molecular flexibility index (Phi) is 5.05. The summed E-state index contributed by atoms with van der Waals surface area (Å²) in [4.78, 5) is 9.19. The molecule has 0 unspecified atom stereocenters. The maximum absolute atomic E-state index is 13.0. The minimum Gasteiger partial charge on any atom is -0.497 e. The minimum atomic E-state index is -3.67. The van der Waals surface area contributed by atoms with Crippen molar-refractivity contribution in [1.82, 2.24) is 14.3 Å². The van der Waals surface area contributed by atoms with Gasteiger partial charge < -0.3 is 4.74 Å². The minimum absolute atomic E-state index is 0.121. The Bertz CT molecular complexity index is 1120. The molecule has 0 bridgehead atoms. The molecule has 6 nitrogen and oxygen atoms in total. The van der Waals surface area contributed by atoms with E-state index >= 15 is 0 Å². The van der Waals surface area contributed by atoms with E-state index in [2.05, 4.69) is 9.97 Å². The molecule has 0 radical (unpaired) electrons. The van der Waals surface area contributed by atoms with Crippen LogP contribution in [0.15, 0.2) is 59.6 Å². The van der Waals surface area contributed by atoms with Crippen LogP contribution in [0, 0.1) is 0 Å². The Morgan fingerprint density at radius 1 is 1.11 bits per heavy atom. The lowest BCUT2D eigenvalue weighted by Crippen LogP contribution is -2.36. The molecule has 0 fully saturated rings. The first-order valence-electron chi connectivity index (χ1n) is 8.73. The molecule has 0 spiro atoms. The molecule has 28 heavy (non-hydrogen) atoms. The Balaban J connectivity index is 1.60. The van der Waals surface area contributed by atoms with Gasteiger partial charge in [-0.1, -0.05) is 23.7 Å². The van der Waals surface area contributed by atoms with Gasteiger partial charge in [0.05, 0.1) is 17.8 Å². The zero-order valence-electron chi connectivity index (χ0n) is 15.2. The SMILES string of the molecule is COc1ccc(-c2ncc3c(n2)CCN(S(=O)(=O)c2ccccc2Cl)C3)cc1. The van der Waals surface area contributed by atoms with Gasteiger partial charge in [-0.2, -0.15) is 4.31 Å². The highest BCUT2D eigenvalue weighted by Crippen LogP contribution is 2.29. The van der Waals surface area contributed by atoms with Crippen molar-refractivity contribution in [2.75, 3.05) is 13.7 Å². The van der Waals surface area contributed by atoms with Gasteiger partial charge >= 0.3 is 0 Å². The number of nitrogens with zero attached hydrogens (tertiary/aromatic N) is 3. The maximum Gasteiger partial charge on any atom is 0.244 e. The third kappa shape index (κ3) is 3.48. The summed E-state index contributed by atoms with van der Waals surface area (Å²) in [5.74, 6) is 1.38. The van der Waals surface area contributed by atoms with Crippen LogP contribution in [-0.2, 0) is 23.0 Å². The lowest BCUT2D eigenvalue weighted by molar-refractivity contribution is 0.387. The summed E-state index contributed by atoms with van der Waals surface area (Å²) in [6, 6.07) is 14.0. The second-order valence-electron chi connectivity index (χ2n) is 6.41. The van der Waals surface area contributed by atoms with Crippen molar-refractivity contribution < 1.29 is 13.2 Å². The van der Waals surface area contributed by atoms with Crippen molar-refractivity contribution in [2.24, 2.45) is 0 Å². The topological polar surface area (TPSA) is 72.4 Å². The highest BCUT2D eigenvalue weighted by molar-refractivity contribution is 7.89. The number of sulfonamides is 1. The summed E-state index contributed by atoms with van der Waals surface area (Å²) in [6.07, 6.45) is 2.22. The van der Waals surface area contributed by atoms with E-state index in [1.54, 1.807) is 31.5 Å². The smallest absolute Gasteiger partial charge is 0.244 e. The molecular formula is C20H18ClN3O3S. The van der Waals surface area contributed by atoms with Crippen LogP contribution in [0.1, 0.15) is 11.3 Å². The third-order valence-corrected chi connectivity index (χ3v) is 7.05. The third-order valence-electron chi connectivity index (χ3n) is 4.70. The van der Waals surface area contributed by atoms with Gasteiger partial charge in [0.15, 0.2) is 5.82 Å². The number of hydrogen-bond acceptors (Lipinski definition) is 5. The van der Waals surface area contributed by atoms with Gasteiger partial charge in [-0.3, -0.25) is 0 Å². The van der Waals surface area contributed by atoms with E-state index in [9.17, 15) is 8.42 Å². The summed E-state index contributed by atoms with van der Waals surface area (Å²) in [7, 11) is -2.06. The van der Waals surface area contributed by atoms with Crippen LogP contribution in [0.4, 0.5) is 0 Å². The monoisotopic (exact) mass is 415 g/mol. The fraction of sp³-hybridized carbons (Fsp3) is 0.200. The predicted octanol–water partition coefficient (Wildman–Crippen LogP) is 3.55. The molecule has 1 aliphatic heterocycles. The Morgan fingerprint density at radius 3 is 2.57 bits per heavy atom. The molecule has 1 aromatic heterocycles. The first kappa shape index (κ1) is 18.9. The molecule has 0 saturated carbocycles. The van der Waals surface area contributed by atoms with Crippen molar-refractivity contribution in [2.45, 2.75) is 17.9 Å². The fourth-order valence-electron chi connectivity index (χ4n) is 3.17. The van der Waals surface area contributed by atoms with Crippen molar-refractivity contribution in [3.05, 3.63) is 71.0 Å². The molecule has 0 saturated heterocycles. The molecular weight excluding hydrogens is 398 g/mol. The largest absolute Gasteiger partial charge is 0.497 e. The molecule has 8 heteroatoms. The maximum atomic E-state index is 13.0. The fourth-order valence-corrected chi connectivity index (χ4v) is 5.08. The average Bonchev–Trinajstić information content (AvgIpc) is 2.73. The molecule has 0 atom stereocenters. The van der Waals surface area contributed by atoms with Gasteiger partial charge in [0.25, 0.3) is 0 Å². The Morgan fingerprint density at radius 2 is 1.86 bits per heavy atom. The predicted molar refractivity (Wildman–Crippen MR) is 107 cm³/mol. The lowest BCUT2D eigenvalue weighted by Gasteiger charge is -2.27. The molecule has 3 aromatic rings. The van der Waals surface area contributed by atoms with Crippen LogP contribution >= 0.6 is 11.6 Å². The van der Waals surface area contributed by atoms with E-state index in [1.807, 2.05) is 24.3 Å². The number of ether oxygens (including phenoxy) is 1. The molecule has 1 aliphatic rings. The highest BCUT2D eigenvalue weighted by atomic mass is 35.5. The second kappa shape index (κ2) is 7.50. The first-order chi connectivity index (χ1) is 13.5. The Labute approximate surface area is 168 Å². The van der Waals surface area contributed by atoms with E-state index in [1.165, 1.54) is 10.4 Å². The number of benzene rings is 2. The van der Waals surface area contributed by atoms with Gasteiger partial charge in [-0.05, 0) is 36.4 Å². The van der Waals surface area contributed by atoms with Crippen LogP contribution in [0.5, 0.6) is 5.75 Å². The van der Waals surface area contributed by atoms with E-state index in [4.69, 9.17) is 16.3 Å². The van der Waals surface area contributed by atoms with E-state index in [-0.39, 0.29) is 16.5 Å². The summed E-state index contributed by atoms with van der Waals surface area (Å²) in [6.45, 7) is 0.575. The Hall–Kier alpha value is -2.48. The number of hydrogen-bond donors (Lipinski definition) is 0. The van der Waals surface area contributed by atoms with Crippen molar-refractivity contribution in [1.29, 1.82) is 0 Å². The second-order valence-corrected chi connectivity index (χ2v) is 8.73. The number of methoxy groups -OCH3 is 1. The summed E-state index contributed by atoms with van der Waals surface area (Å²) < 4.78 is 32.5. The van der Waals surface area contributed by atoms with Crippen LogP contribution in [-0.4, -0.2) is 36.3 Å². The molecule has 2 aromatic carbocycles. The molecule has 2 heterocycles. The highest BCUT2D eigenvalue weighted by Gasteiger charge is 2.30. The zero-order valence-corrected chi connectivity index (χ0v) is 16.7. The van der Waals surface area contributed by atoms with Gasteiger partial charge in [0, 0.05) is 36.8 Å². The quantitative estimate of drug-likeness (QED) is 0.651. The van der Waals surface area contributed by atoms with Crippen molar-refractivity contribution in [3.63, 3.8) is 0 Å². The van der Waals surface area contributed by atoms with Crippen LogP contribution in [0.2, 0.25) is 5.02 Å². The average molecular weight is 416 g/mol. The first-order valence-corrected chi connectivity index (χ1v) is 10.5. The number of halogens is 1. The van der Waals surface area contributed by atoms with Crippen molar-refractivity contribution in [3.8, 4) is 17.1 Å². The van der Waals surface area contributed by atoms with Crippen molar-refractivity contribution >= 4 is 21.6 Å². The van der Waals surface area contributed by atoms with E-state index in [0.29, 0.717) is 18.8 Å². The van der Waals surface area contributed by atoms with Crippen LogP contribution in [0.25, 0.3) is 11.4 Å². The number of aromatic nitrogens is 2. The molecule has 4 rings (SSSR count). The standard InChI is InChI=1S/C20H18ClN3O3S/c1-27-16-8-6-14(7-9-16)20-22-12-15-13-24(11-10-18(15)23-20)28(25,26)19-5-3-2-4-17(19)21/h2-9,12H,10-11,13H2,1H3. The summed E-state index contributed by atoms with van der Waals surface area (Å²) in [5, 5.41) is 0.222.